The van der Waals surface area contributed by atoms with Crippen molar-refractivity contribution in [1.82, 2.24) is 0 Å². The molecule has 0 aliphatic heterocycles. The lowest BCUT2D eigenvalue weighted by Gasteiger charge is -2.20. The Balaban J connectivity index is 2.36. The number of amides is 1. The Hall–Kier alpha value is -2.58. The number of carbonyl (C=O) groups excluding carboxylic acids is 2. The summed E-state index contributed by atoms with van der Waals surface area (Å²) in [5.41, 5.74) is 1.68. The van der Waals surface area contributed by atoms with Crippen LogP contribution in [0.1, 0.15) is 26.3 Å². The Morgan fingerprint density at radius 3 is 2.41 bits per heavy atom. The standard InChI is InChI=1S/C18H19ClN2O5S/c1-11-13(6-5-7-16(11)21(2)27(4,24)25)17(22)20-12-8-9-15(19)14(10-12)18(23)26-3/h5-10H,1-4H3,(H,20,22). The van der Waals surface area contributed by atoms with Gasteiger partial charge < -0.3 is 10.1 Å². The summed E-state index contributed by atoms with van der Waals surface area (Å²) in [4.78, 5) is 24.4. The van der Waals surface area contributed by atoms with Crippen LogP contribution in [0, 0.1) is 6.92 Å². The number of hydrogen-bond acceptors (Lipinski definition) is 5. The largest absolute Gasteiger partial charge is 0.465 e. The lowest BCUT2D eigenvalue weighted by atomic mass is 10.1. The molecule has 0 heterocycles. The van der Waals surface area contributed by atoms with Crippen LogP contribution in [-0.2, 0) is 14.8 Å². The quantitative estimate of drug-likeness (QED) is 0.764. The van der Waals surface area contributed by atoms with Gasteiger partial charge >= 0.3 is 5.97 Å². The summed E-state index contributed by atoms with van der Waals surface area (Å²) in [5, 5.41) is 2.88. The molecule has 0 atom stereocenters. The van der Waals surface area contributed by atoms with Crippen molar-refractivity contribution in [2.45, 2.75) is 6.92 Å². The van der Waals surface area contributed by atoms with Gasteiger partial charge in [-0.3, -0.25) is 9.10 Å². The summed E-state index contributed by atoms with van der Waals surface area (Å²) in [6.07, 6.45) is 1.08. The van der Waals surface area contributed by atoms with Gasteiger partial charge in [0.1, 0.15) is 0 Å². The fourth-order valence-electron chi connectivity index (χ4n) is 2.46. The summed E-state index contributed by atoms with van der Waals surface area (Å²) in [6, 6.07) is 9.24. The number of esters is 1. The lowest BCUT2D eigenvalue weighted by Crippen LogP contribution is -2.26. The molecule has 0 unspecified atom stereocenters. The topological polar surface area (TPSA) is 92.8 Å². The van der Waals surface area contributed by atoms with Crippen LogP contribution in [0.5, 0.6) is 0 Å². The maximum absolute atomic E-state index is 12.7. The molecule has 2 aromatic rings. The molecule has 0 bridgehead atoms. The Labute approximate surface area is 162 Å². The molecule has 27 heavy (non-hydrogen) atoms. The van der Waals surface area contributed by atoms with E-state index in [-0.39, 0.29) is 10.6 Å². The Morgan fingerprint density at radius 2 is 1.81 bits per heavy atom. The van der Waals surface area contributed by atoms with Crippen LogP contribution in [0.2, 0.25) is 5.02 Å². The predicted octanol–water partition coefficient (Wildman–Crippen LogP) is 3.08. The molecule has 0 aliphatic rings. The van der Waals surface area contributed by atoms with E-state index in [1.165, 1.54) is 26.3 Å². The third-order valence-corrected chi connectivity index (χ3v) is 5.54. The van der Waals surface area contributed by atoms with Crippen molar-refractivity contribution in [3.63, 3.8) is 0 Å². The van der Waals surface area contributed by atoms with Crippen LogP contribution in [0.25, 0.3) is 0 Å². The second kappa shape index (κ2) is 7.98. The molecular weight excluding hydrogens is 392 g/mol. The van der Waals surface area contributed by atoms with Crippen LogP contribution >= 0.6 is 11.6 Å². The molecule has 0 aliphatic carbocycles. The van der Waals surface area contributed by atoms with Crippen molar-refractivity contribution in [3.05, 3.63) is 58.1 Å². The van der Waals surface area contributed by atoms with Crippen LogP contribution in [-0.4, -0.2) is 40.7 Å². The van der Waals surface area contributed by atoms with E-state index in [9.17, 15) is 18.0 Å². The van der Waals surface area contributed by atoms with Crippen LogP contribution in [0.4, 0.5) is 11.4 Å². The van der Waals surface area contributed by atoms with Crippen molar-refractivity contribution in [3.8, 4) is 0 Å². The van der Waals surface area contributed by atoms with Crippen molar-refractivity contribution in [2.75, 3.05) is 30.0 Å². The number of nitrogens with one attached hydrogen (secondary N) is 1. The molecule has 0 saturated carbocycles. The van der Waals surface area contributed by atoms with Gasteiger partial charge in [0.05, 0.1) is 29.6 Å². The maximum atomic E-state index is 12.7. The number of nitrogens with zero attached hydrogens (tertiary/aromatic N) is 1. The van der Waals surface area contributed by atoms with Crippen LogP contribution in [0.3, 0.4) is 0 Å². The van der Waals surface area contributed by atoms with E-state index in [2.05, 4.69) is 10.1 Å². The number of hydrogen-bond donors (Lipinski definition) is 1. The Kier molecular flexibility index (Phi) is 6.12. The number of sulfonamides is 1. The first-order valence-electron chi connectivity index (χ1n) is 7.79. The normalized spacial score (nSPS) is 11.0. The summed E-state index contributed by atoms with van der Waals surface area (Å²) in [7, 11) is -0.816. The van der Waals surface area contributed by atoms with Gasteiger partial charge in [0.2, 0.25) is 10.0 Å². The number of methoxy groups -OCH3 is 1. The first kappa shape index (κ1) is 20.7. The molecule has 2 aromatic carbocycles. The molecule has 7 nitrogen and oxygen atoms in total. The van der Waals surface area contributed by atoms with E-state index in [1.54, 1.807) is 31.2 Å². The van der Waals surface area contributed by atoms with E-state index in [1.807, 2.05) is 0 Å². The molecule has 0 spiro atoms. The van der Waals surface area contributed by atoms with Gasteiger partial charge in [-0.05, 0) is 42.8 Å². The second-order valence-corrected chi connectivity index (χ2v) is 8.24. The van der Waals surface area contributed by atoms with Crippen molar-refractivity contribution in [2.24, 2.45) is 0 Å². The molecule has 0 aromatic heterocycles. The molecule has 1 N–H and O–H groups in total. The first-order chi connectivity index (χ1) is 12.6. The highest BCUT2D eigenvalue weighted by Gasteiger charge is 2.19. The van der Waals surface area contributed by atoms with Gasteiger partial charge in [0, 0.05) is 18.3 Å². The van der Waals surface area contributed by atoms with Gasteiger partial charge in [-0.1, -0.05) is 17.7 Å². The van der Waals surface area contributed by atoms with Crippen molar-refractivity contribution in [1.29, 1.82) is 0 Å². The number of anilines is 2. The smallest absolute Gasteiger partial charge is 0.339 e. The first-order valence-corrected chi connectivity index (χ1v) is 10.0. The van der Waals surface area contributed by atoms with Gasteiger partial charge in [0.15, 0.2) is 0 Å². The Bertz CT molecular complexity index is 1000. The van der Waals surface area contributed by atoms with E-state index in [0.29, 0.717) is 22.5 Å². The lowest BCUT2D eigenvalue weighted by molar-refractivity contribution is 0.0600. The van der Waals surface area contributed by atoms with Gasteiger partial charge in [0.25, 0.3) is 5.91 Å². The van der Waals surface area contributed by atoms with Gasteiger partial charge in [-0.2, -0.15) is 0 Å². The zero-order chi connectivity index (χ0) is 20.4. The molecule has 1 amide bonds. The fraction of sp³-hybridized carbons (Fsp3) is 0.222. The van der Waals surface area contributed by atoms with E-state index < -0.39 is 21.9 Å². The Morgan fingerprint density at radius 1 is 1.15 bits per heavy atom. The number of carbonyl (C=O) groups is 2. The molecule has 2 rings (SSSR count). The minimum absolute atomic E-state index is 0.124. The van der Waals surface area contributed by atoms with Gasteiger partial charge in [-0.25, -0.2) is 13.2 Å². The third-order valence-electron chi connectivity index (χ3n) is 4.02. The predicted molar refractivity (Wildman–Crippen MR) is 105 cm³/mol. The monoisotopic (exact) mass is 410 g/mol. The highest BCUT2D eigenvalue weighted by Crippen LogP contribution is 2.26. The second-order valence-electron chi connectivity index (χ2n) is 5.82. The number of halogens is 1. The number of benzene rings is 2. The fourth-order valence-corrected chi connectivity index (χ4v) is 3.21. The highest BCUT2D eigenvalue weighted by atomic mass is 35.5. The average Bonchev–Trinajstić information content (AvgIpc) is 2.61. The summed E-state index contributed by atoms with van der Waals surface area (Å²) < 4.78 is 29.3. The maximum Gasteiger partial charge on any atom is 0.339 e. The zero-order valence-electron chi connectivity index (χ0n) is 15.2. The number of rotatable bonds is 5. The molecule has 0 radical (unpaired) electrons. The SMILES string of the molecule is COC(=O)c1cc(NC(=O)c2cccc(N(C)S(C)(=O)=O)c2C)ccc1Cl. The van der Waals surface area contributed by atoms with Crippen LogP contribution < -0.4 is 9.62 Å². The summed E-state index contributed by atoms with van der Waals surface area (Å²) in [5.74, 6) is -1.07. The van der Waals surface area contributed by atoms with E-state index in [4.69, 9.17) is 11.6 Å². The molecule has 9 heteroatoms. The molecule has 0 fully saturated rings. The van der Waals surface area contributed by atoms with E-state index >= 15 is 0 Å². The highest BCUT2D eigenvalue weighted by molar-refractivity contribution is 7.92. The average molecular weight is 411 g/mol. The minimum atomic E-state index is -3.47. The van der Waals surface area contributed by atoms with Crippen molar-refractivity contribution >= 4 is 44.9 Å². The number of ether oxygens (including phenoxy) is 1. The minimum Gasteiger partial charge on any atom is -0.465 e. The van der Waals surface area contributed by atoms with Crippen molar-refractivity contribution < 1.29 is 22.7 Å². The molecule has 0 saturated heterocycles. The molecule has 144 valence electrons. The van der Waals surface area contributed by atoms with Gasteiger partial charge in [-0.15, -0.1) is 0 Å². The third kappa shape index (κ3) is 4.58. The van der Waals surface area contributed by atoms with Crippen LogP contribution in [0.15, 0.2) is 36.4 Å². The summed E-state index contributed by atoms with van der Waals surface area (Å²) >= 11 is 5.97. The summed E-state index contributed by atoms with van der Waals surface area (Å²) in [6.45, 7) is 1.66. The van der Waals surface area contributed by atoms with E-state index in [0.717, 1.165) is 10.6 Å². The molecular formula is C18H19ClN2O5S. The zero-order valence-corrected chi connectivity index (χ0v) is 16.8.